The lowest BCUT2D eigenvalue weighted by Crippen LogP contribution is -2.33. The molecule has 4 N–H and O–H groups in total. The number of nitrogens with zero attached hydrogens (tertiary/aromatic N) is 2. The van der Waals surface area contributed by atoms with Gasteiger partial charge in [0.1, 0.15) is 24.1 Å². The third-order valence-corrected chi connectivity index (χ3v) is 6.20. The molecule has 0 saturated carbocycles. The number of fused-ring (bicyclic) bond motifs is 1. The fourth-order valence-electron chi connectivity index (χ4n) is 4.40. The summed E-state index contributed by atoms with van der Waals surface area (Å²) in [7, 11) is 1.64. The van der Waals surface area contributed by atoms with Gasteiger partial charge in [-0.3, -0.25) is 4.57 Å². The summed E-state index contributed by atoms with van der Waals surface area (Å²) in [4.78, 5) is 4.68. The van der Waals surface area contributed by atoms with Gasteiger partial charge in [0, 0.05) is 12.1 Å². The van der Waals surface area contributed by atoms with Crippen LogP contribution in [0.2, 0.25) is 0 Å². The first-order valence-electron chi connectivity index (χ1n) is 11.2. The molecule has 1 aromatic heterocycles. The van der Waals surface area contributed by atoms with Gasteiger partial charge in [0.2, 0.25) is 5.95 Å². The molecule has 2 heterocycles. The Balaban J connectivity index is 1.45. The van der Waals surface area contributed by atoms with Crippen molar-refractivity contribution in [2.24, 2.45) is 0 Å². The molecule has 4 atom stereocenters. The Morgan fingerprint density at radius 1 is 0.971 bits per heavy atom. The molecule has 34 heavy (non-hydrogen) atoms. The first-order valence-corrected chi connectivity index (χ1v) is 11.2. The summed E-state index contributed by atoms with van der Waals surface area (Å²) in [5.41, 5.74) is 4.55. The molecule has 0 spiro atoms. The predicted octanol–water partition coefficient (Wildman–Crippen LogP) is 2.94. The minimum absolute atomic E-state index is 0.394. The maximum atomic E-state index is 10.6. The highest BCUT2D eigenvalue weighted by molar-refractivity contribution is 5.79. The zero-order valence-electron chi connectivity index (χ0n) is 18.7. The Morgan fingerprint density at radius 2 is 1.74 bits per heavy atom. The van der Waals surface area contributed by atoms with Crippen LogP contribution in [-0.4, -0.2) is 56.9 Å². The van der Waals surface area contributed by atoms with Crippen LogP contribution < -0.4 is 10.1 Å². The Labute approximate surface area is 197 Å². The fourth-order valence-corrected chi connectivity index (χ4v) is 4.40. The Morgan fingerprint density at radius 3 is 2.47 bits per heavy atom. The highest BCUT2D eigenvalue weighted by atomic mass is 16.6. The first-order chi connectivity index (χ1) is 16.6. The first kappa shape index (κ1) is 22.4. The number of benzene rings is 3. The lowest BCUT2D eigenvalue weighted by atomic mass is 10.0. The molecule has 4 aromatic rings. The Kier molecular flexibility index (Phi) is 6.21. The highest BCUT2D eigenvalue weighted by Crippen LogP contribution is 2.35. The van der Waals surface area contributed by atoms with Crippen molar-refractivity contribution in [3.8, 4) is 16.9 Å². The number of hydrogen-bond acceptors (Lipinski definition) is 7. The number of aliphatic hydroxyl groups is 3. The van der Waals surface area contributed by atoms with Gasteiger partial charge in [-0.05, 0) is 29.3 Å². The average Bonchev–Trinajstić information content (AvgIpc) is 3.39. The number of ether oxygens (including phenoxy) is 2. The van der Waals surface area contributed by atoms with Crippen LogP contribution in [0.1, 0.15) is 11.8 Å². The maximum Gasteiger partial charge on any atom is 0.206 e. The van der Waals surface area contributed by atoms with Gasteiger partial charge in [-0.1, -0.05) is 54.6 Å². The molecule has 8 heteroatoms. The van der Waals surface area contributed by atoms with Crippen molar-refractivity contribution in [1.29, 1.82) is 0 Å². The van der Waals surface area contributed by atoms with E-state index in [0.717, 1.165) is 28.0 Å². The molecule has 0 aliphatic carbocycles. The van der Waals surface area contributed by atoms with E-state index in [4.69, 9.17) is 9.47 Å². The number of rotatable bonds is 7. The van der Waals surface area contributed by atoms with Crippen molar-refractivity contribution in [3.05, 3.63) is 78.4 Å². The van der Waals surface area contributed by atoms with Crippen LogP contribution in [0.25, 0.3) is 22.2 Å². The summed E-state index contributed by atoms with van der Waals surface area (Å²) in [5.74, 6) is 1.22. The Hall–Kier alpha value is -3.43. The molecule has 0 amide bonds. The standard InChI is InChI=1S/C26H27N3O5/c1-33-21-13-17(16-7-3-2-4-8-16)11-12-18(21)14-27-26-28-19-9-5-6-10-20(19)29(26)25-24(32)23(31)22(15-30)34-25/h2-13,22-25,30-32H,14-15H2,1H3,(H,27,28)/t22-,23-,24-,25-/m1/s1. The highest BCUT2D eigenvalue weighted by Gasteiger charge is 2.44. The quantitative estimate of drug-likeness (QED) is 0.335. The number of anilines is 1. The minimum Gasteiger partial charge on any atom is -0.496 e. The summed E-state index contributed by atoms with van der Waals surface area (Å²) in [6.45, 7) is 0.0193. The van der Waals surface area contributed by atoms with Gasteiger partial charge in [-0.25, -0.2) is 4.98 Å². The molecule has 1 saturated heterocycles. The fraction of sp³-hybridized carbons (Fsp3) is 0.269. The zero-order valence-corrected chi connectivity index (χ0v) is 18.7. The van der Waals surface area contributed by atoms with E-state index in [1.807, 2.05) is 60.7 Å². The second-order valence-electron chi connectivity index (χ2n) is 8.27. The predicted molar refractivity (Wildman–Crippen MR) is 128 cm³/mol. The van der Waals surface area contributed by atoms with Crippen LogP contribution in [-0.2, 0) is 11.3 Å². The topological polar surface area (TPSA) is 109 Å². The molecule has 5 rings (SSSR count). The molecular weight excluding hydrogens is 434 g/mol. The molecule has 8 nitrogen and oxygen atoms in total. The van der Waals surface area contributed by atoms with E-state index in [1.54, 1.807) is 11.7 Å². The van der Waals surface area contributed by atoms with E-state index >= 15 is 0 Å². The van der Waals surface area contributed by atoms with Crippen LogP contribution in [0, 0.1) is 0 Å². The zero-order chi connectivity index (χ0) is 23.7. The van der Waals surface area contributed by atoms with Gasteiger partial charge < -0.3 is 30.1 Å². The lowest BCUT2D eigenvalue weighted by molar-refractivity contribution is -0.0499. The number of imidazole rings is 1. The molecule has 0 unspecified atom stereocenters. The molecule has 176 valence electrons. The summed E-state index contributed by atoms with van der Waals surface area (Å²) in [5, 5.41) is 33.8. The van der Waals surface area contributed by atoms with Crippen molar-refractivity contribution in [2.45, 2.75) is 31.1 Å². The van der Waals surface area contributed by atoms with E-state index < -0.39 is 31.1 Å². The number of para-hydroxylation sites is 2. The average molecular weight is 462 g/mol. The van der Waals surface area contributed by atoms with Gasteiger partial charge in [0.05, 0.1) is 24.8 Å². The van der Waals surface area contributed by atoms with Crippen LogP contribution >= 0.6 is 0 Å². The molecule has 1 aliphatic heterocycles. The van der Waals surface area contributed by atoms with E-state index in [1.165, 1.54) is 0 Å². The van der Waals surface area contributed by atoms with Gasteiger partial charge >= 0.3 is 0 Å². The number of methoxy groups -OCH3 is 1. The second kappa shape index (κ2) is 9.44. The van der Waals surface area contributed by atoms with Gasteiger partial charge in [0.15, 0.2) is 6.23 Å². The van der Waals surface area contributed by atoms with Crippen molar-refractivity contribution in [1.82, 2.24) is 9.55 Å². The normalized spacial score (nSPS) is 22.2. The van der Waals surface area contributed by atoms with Crippen molar-refractivity contribution in [3.63, 3.8) is 0 Å². The molecular formula is C26H27N3O5. The third kappa shape index (κ3) is 4.01. The molecule has 0 radical (unpaired) electrons. The van der Waals surface area contributed by atoms with Gasteiger partial charge in [-0.2, -0.15) is 0 Å². The monoisotopic (exact) mass is 461 g/mol. The summed E-state index contributed by atoms with van der Waals surface area (Å²) in [6.07, 6.45) is -4.19. The SMILES string of the molecule is COc1cc(-c2ccccc2)ccc1CNc1nc2ccccc2n1[C@@H]1O[C@H](CO)[C@@H](O)[C@H]1O. The van der Waals surface area contributed by atoms with Crippen LogP contribution in [0.3, 0.4) is 0 Å². The van der Waals surface area contributed by atoms with Gasteiger partial charge in [-0.15, -0.1) is 0 Å². The molecule has 1 fully saturated rings. The summed E-state index contributed by atoms with van der Waals surface area (Å²) in [6, 6.07) is 23.6. The van der Waals surface area contributed by atoms with E-state index in [2.05, 4.69) is 22.4 Å². The van der Waals surface area contributed by atoms with Crippen LogP contribution in [0.15, 0.2) is 72.8 Å². The van der Waals surface area contributed by atoms with Crippen LogP contribution in [0.4, 0.5) is 5.95 Å². The van der Waals surface area contributed by atoms with Gasteiger partial charge in [0.25, 0.3) is 0 Å². The molecule has 3 aromatic carbocycles. The number of hydrogen-bond donors (Lipinski definition) is 4. The van der Waals surface area contributed by atoms with Crippen LogP contribution in [0.5, 0.6) is 5.75 Å². The van der Waals surface area contributed by atoms with Crippen molar-refractivity contribution < 1.29 is 24.8 Å². The van der Waals surface area contributed by atoms with E-state index in [-0.39, 0.29) is 0 Å². The van der Waals surface area contributed by atoms with Crippen molar-refractivity contribution in [2.75, 3.05) is 19.0 Å². The second-order valence-corrected chi connectivity index (χ2v) is 8.27. The smallest absolute Gasteiger partial charge is 0.206 e. The number of nitrogens with one attached hydrogen (secondary N) is 1. The largest absolute Gasteiger partial charge is 0.496 e. The molecule has 0 bridgehead atoms. The summed E-state index contributed by atoms with van der Waals surface area (Å²) < 4.78 is 13.2. The third-order valence-electron chi connectivity index (χ3n) is 6.20. The Bertz CT molecular complexity index is 1280. The molecule has 1 aliphatic rings. The number of aliphatic hydroxyl groups excluding tert-OH is 3. The minimum atomic E-state index is -1.21. The lowest BCUT2D eigenvalue weighted by Gasteiger charge is -2.20. The van der Waals surface area contributed by atoms with E-state index in [0.29, 0.717) is 18.0 Å². The summed E-state index contributed by atoms with van der Waals surface area (Å²) >= 11 is 0. The maximum absolute atomic E-state index is 10.6. The van der Waals surface area contributed by atoms with E-state index in [9.17, 15) is 15.3 Å². The van der Waals surface area contributed by atoms with Crippen molar-refractivity contribution >= 4 is 17.0 Å². The number of aromatic nitrogens is 2.